The maximum atomic E-state index is 11.9. The molecule has 0 spiro atoms. The van der Waals surface area contributed by atoms with Gasteiger partial charge in [0.25, 0.3) is 0 Å². The smallest absolute Gasteiger partial charge is 0.328 e. The first kappa shape index (κ1) is 14.7. The molecule has 0 saturated carbocycles. The van der Waals surface area contributed by atoms with Crippen molar-refractivity contribution in [2.75, 3.05) is 20.3 Å². The molecule has 1 amide bonds. The van der Waals surface area contributed by atoms with Crippen LogP contribution >= 0.6 is 0 Å². The highest BCUT2D eigenvalue weighted by Gasteiger charge is 2.27. The van der Waals surface area contributed by atoms with E-state index in [4.69, 9.17) is 9.47 Å². The lowest BCUT2D eigenvalue weighted by Crippen LogP contribution is -2.44. The normalized spacial score (nSPS) is 20.1. The van der Waals surface area contributed by atoms with E-state index < -0.39 is 12.0 Å². The Morgan fingerprint density at radius 3 is 2.72 bits per heavy atom. The van der Waals surface area contributed by atoms with E-state index in [0.717, 1.165) is 5.57 Å². The lowest BCUT2D eigenvalue weighted by molar-refractivity contribution is -0.145. The van der Waals surface area contributed by atoms with Gasteiger partial charge in [0.15, 0.2) is 0 Å². The number of ether oxygens (including phenoxy) is 2. The molecule has 5 nitrogen and oxygen atoms in total. The second kappa shape index (κ2) is 7.16. The number of carbonyl (C=O) groups excluding carboxylic acids is 2. The average molecular weight is 255 g/mol. The second-order valence-electron chi connectivity index (χ2n) is 4.66. The predicted molar refractivity (Wildman–Crippen MR) is 66.9 cm³/mol. The van der Waals surface area contributed by atoms with Crippen molar-refractivity contribution in [2.24, 2.45) is 5.92 Å². The van der Waals surface area contributed by atoms with Crippen LogP contribution in [-0.4, -0.2) is 38.2 Å². The number of hydrogen-bond acceptors (Lipinski definition) is 4. The molecule has 102 valence electrons. The van der Waals surface area contributed by atoms with Gasteiger partial charge < -0.3 is 14.8 Å². The summed E-state index contributed by atoms with van der Waals surface area (Å²) in [6, 6.07) is -0.613. The van der Waals surface area contributed by atoms with Gasteiger partial charge in [-0.1, -0.05) is 11.6 Å². The minimum atomic E-state index is -0.613. The van der Waals surface area contributed by atoms with Crippen molar-refractivity contribution in [3.63, 3.8) is 0 Å². The van der Waals surface area contributed by atoms with E-state index >= 15 is 0 Å². The molecule has 0 radical (unpaired) electrons. The number of methoxy groups -OCH3 is 1. The zero-order valence-electron chi connectivity index (χ0n) is 11.2. The Hall–Kier alpha value is -1.36. The van der Waals surface area contributed by atoms with Crippen LogP contribution in [0.5, 0.6) is 0 Å². The highest BCUT2D eigenvalue weighted by Crippen LogP contribution is 2.13. The third-order valence-electron chi connectivity index (χ3n) is 2.86. The van der Waals surface area contributed by atoms with Gasteiger partial charge in [-0.3, -0.25) is 4.79 Å². The number of hydrogen-bond donors (Lipinski definition) is 1. The topological polar surface area (TPSA) is 64.6 Å². The van der Waals surface area contributed by atoms with Gasteiger partial charge >= 0.3 is 5.97 Å². The highest BCUT2D eigenvalue weighted by atomic mass is 16.5. The molecule has 1 N–H and O–H groups in total. The molecule has 0 bridgehead atoms. The Kier molecular flexibility index (Phi) is 5.85. The van der Waals surface area contributed by atoms with Crippen molar-refractivity contribution in [1.82, 2.24) is 5.32 Å². The molecule has 1 saturated heterocycles. The summed E-state index contributed by atoms with van der Waals surface area (Å²) in [6.45, 7) is 4.93. The van der Waals surface area contributed by atoms with Crippen molar-refractivity contribution in [1.29, 1.82) is 0 Å². The highest BCUT2D eigenvalue weighted by molar-refractivity contribution is 5.86. The zero-order valence-corrected chi connectivity index (χ0v) is 11.2. The third-order valence-corrected chi connectivity index (χ3v) is 2.86. The number of esters is 1. The van der Waals surface area contributed by atoms with Crippen LogP contribution in [0, 0.1) is 5.92 Å². The summed E-state index contributed by atoms with van der Waals surface area (Å²) >= 11 is 0. The fraction of sp³-hybridized carbons (Fsp3) is 0.692. The molecule has 0 aromatic carbocycles. The van der Waals surface area contributed by atoms with Crippen LogP contribution in [-0.2, 0) is 19.1 Å². The van der Waals surface area contributed by atoms with Crippen LogP contribution in [0.1, 0.15) is 26.7 Å². The van der Waals surface area contributed by atoms with Gasteiger partial charge in [-0.2, -0.15) is 0 Å². The van der Waals surface area contributed by atoms with E-state index in [2.05, 4.69) is 5.32 Å². The molecular weight excluding hydrogens is 234 g/mol. The molecule has 2 atom stereocenters. The number of allylic oxidation sites excluding steroid dienone is 1. The summed E-state index contributed by atoms with van der Waals surface area (Å²) in [4.78, 5) is 23.5. The molecule has 1 aliphatic rings. The Morgan fingerprint density at radius 2 is 2.22 bits per heavy atom. The lowest BCUT2D eigenvalue weighted by atomic mass is 10.1. The maximum Gasteiger partial charge on any atom is 0.328 e. The Labute approximate surface area is 108 Å². The van der Waals surface area contributed by atoms with E-state index in [0.29, 0.717) is 26.1 Å². The summed E-state index contributed by atoms with van der Waals surface area (Å²) in [5.74, 6) is -0.700. The van der Waals surface area contributed by atoms with Crippen LogP contribution in [0.2, 0.25) is 0 Å². The van der Waals surface area contributed by atoms with Crippen molar-refractivity contribution in [3.8, 4) is 0 Å². The van der Waals surface area contributed by atoms with Crippen LogP contribution < -0.4 is 5.32 Å². The Bertz CT molecular complexity index is 328. The molecule has 1 heterocycles. The minimum absolute atomic E-state index is 0.134. The molecule has 5 heteroatoms. The minimum Gasteiger partial charge on any atom is -0.467 e. The van der Waals surface area contributed by atoms with Gasteiger partial charge in [0, 0.05) is 6.61 Å². The van der Waals surface area contributed by atoms with Gasteiger partial charge in [-0.25, -0.2) is 4.79 Å². The molecule has 0 aromatic rings. The predicted octanol–water partition coefficient (Wildman–Crippen LogP) is 1.04. The fourth-order valence-electron chi connectivity index (χ4n) is 1.74. The lowest BCUT2D eigenvalue weighted by Gasteiger charge is -2.17. The SMILES string of the molecule is COC(=O)[C@H](CC=C(C)C)NC(=O)[C@@H]1CCOC1. The molecule has 1 aliphatic heterocycles. The molecule has 0 aromatic heterocycles. The summed E-state index contributed by atoms with van der Waals surface area (Å²) in [5.41, 5.74) is 1.10. The maximum absolute atomic E-state index is 11.9. The Morgan fingerprint density at radius 1 is 1.50 bits per heavy atom. The first-order chi connectivity index (χ1) is 8.54. The number of rotatable bonds is 5. The van der Waals surface area contributed by atoms with Crippen LogP contribution in [0.3, 0.4) is 0 Å². The largest absolute Gasteiger partial charge is 0.467 e. The van der Waals surface area contributed by atoms with Gasteiger partial charge in [0.1, 0.15) is 6.04 Å². The quantitative estimate of drug-likeness (QED) is 0.589. The van der Waals surface area contributed by atoms with Crippen molar-refractivity contribution in [2.45, 2.75) is 32.7 Å². The van der Waals surface area contributed by atoms with Gasteiger partial charge in [-0.15, -0.1) is 0 Å². The molecular formula is C13H21NO4. The summed E-state index contributed by atoms with van der Waals surface area (Å²) < 4.78 is 9.85. The van der Waals surface area contributed by atoms with Crippen molar-refractivity contribution >= 4 is 11.9 Å². The van der Waals surface area contributed by atoms with E-state index in [1.807, 2.05) is 19.9 Å². The first-order valence-corrected chi connectivity index (χ1v) is 6.14. The Balaban J connectivity index is 2.56. The van der Waals surface area contributed by atoms with E-state index in [-0.39, 0.29) is 11.8 Å². The molecule has 1 fully saturated rings. The zero-order chi connectivity index (χ0) is 13.5. The van der Waals surface area contributed by atoms with Crippen LogP contribution in [0.15, 0.2) is 11.6 Å². The monoisotopic (exact) mass is 255 g/mol. The molecule has 18 heavy (non-hydrogen) atoms. The molecule has 0 unspecified atom stereocenters. The van der Waals surface area contributed by atoms with E-state index in [9.17, 15) is 9.59 Å². The fourth-order valence-corrected chi connectivity index (χ4v) is 1.74. The van der Waals surface area contributed by atoms with Crippen molar-refractivity contribution in [3.05, 3.63) is 11.6 Å². The van der Waals surface area contributed by atoms with Crippen LogP contribution in [0.4, 0.5) is 0 Å². The van der Waals surface area contributed by atoms with Crippen LogP contribution in [0.25, 0.3) is 0 Å². The van der Waals surface area contributed by atoms with Gasteiger partial charge in [0.2, 0.25) is 5.91 Å². The first-order valence-electron chi connectivity index (χ1n) is 6.14. The average Bonchev–Trinajstić information content (AvgIpc) is 2.86. The molecule has 1 rings (SSSR count). The van der Waals surface area contributed by atoms with E-state index in [1.165, 1.54) is 7.11 Å². The van der Waals surface area contributed by atoms with Gasteiger partial charge in [-0.05, 0) is 26.7 Å². The third kappa shape index (κ3) is 4.49. The molecule has 0 aliphatic carbocycles. The number of carbonyl (C=O) groups is 2. The number of nitrogens with one attached hydrogen (secondary N) is 1. The summed E-state index contributed by atoms with van der Waals surface area (Å²) in [6.07, 6.45) is 3.07. The summed E-state index contributed by atoms with van der Waals surface area (Å²) in [5, 5.41) is 2.73. The van der Waals surface area contributed by atoms with Crippen molar-refractivity contribution < 1.29 is 19.1 Å². The summed E-state index contributed by atoms with van der Waals surface area (Å²) in [7, 11) is 1.32. The number of amides is 1. The van der Waals surface area contributed by atoms with Gasteiger partial charge in [0.05, 0.1) is 19.6 Å². The second-order valence-corrected chi connectivity index (χ2v) is 4.66. The van der Waals surface area contributed by atoms with E-state index in [1.54, 1.807) is 0 Å². The standard InChI is InChI=1S/C13H21NO4/c1-9(2)4-5-11(13(16)17-3)14-12(15)10-6-7-18-8-10/h4,10-11H,5-8H2,1-3H3,(H,14,15)/t10-,11+/m1/s1.